The summed E-state index contributed by atoms with van der Waals surface area (Å²) in [5.74, 6) is 0.299. The second-order valence-corrected chi connectivity index (χ2v) is 10.2. The summed E-state index contributed by atoms with van der Waals surface area (Å²) in [5.41, 5.74) is -0.903. The highest BCUT2D eigenvalue weighted by atomic mass is 35.5. The third-order valence-corrected chi connectivity index (χ3v) is 7.74. The van der Waals surface area contributed by atoms with E-state index in [1.807, 2.05) is 12.1 Å². The van der Waals surface area contributed by atoms with Gasteiger partial charge < -0.3 is 4.90 Å². The van der Waals surface area contributed by atoms with Crippen molar-refractivity contribution in [2.24, 2.45) is 5.92 Å². The molecular weight excluding hydrogens is 476 g/mol. The molecule has 0 amide bonds. The van der Waals surface area contributed by atoms with Crippen LogP contribution in [0.15, 0.2) is 42.5 Å². The molecule has 2 aromatic rings. The van der Waals surface area contributed by atoms with Crippen LogP contribution in [0.1, 0.15) is 60.8 Å². The van der Waals surface area contributed by atoms with E-state index in [4.69, 9.17) is 11.6 Å². The fourth-order valence-electron chi connectivity index (χ4n) is 5.34. The van der Waals surface area contributed by atoms with Crippen LogP contribution < -0.4 is 0 Å². The Kier molecular flexibility index (Phi) is 7.26. The predicted molar refractivity (Wildman–Crippen MR) is 121 cm³/mol. The Balaban J connectivity index is 1.34. The van der Waals surface area contributed by atoms with Crippen molar-refractivity contribution in [3.63, 3.8) is 0 Å². The van der Waals surface area contributed by atoms with Gasteiger partial charge in [-0.2, -0.15) is 26.3 Å². The number of rotatable bonds is 6. The first-order valence-electron chi connectivity index (χ1n) is 11.7. The molecule has 2 fully saturated rings. The third-order valence-electron chi connectivity index (χ3n) is 7.49. The van der Waals surface area contributed by atoms with Gasteiger partial charge in [-0.3, -0.25) is 0 Å². The number of hydrogen-bond acceptors (Lipinski definition) is 1. The summed E-state index contributed by atoms with van der Waals surface area (Å²) < 4.78 is 78.6. The zero-order valence-electron chi connectivity index (χ0n) is 18.8. The molecule has 34 heavy (non-hydrogen) atoms. The lowest BCUT2D eigenvalue weighted by Gasteiger charge is -2.47. The van der Waals surface area contributed by atoms with E-state index in [2.05, 4.69) is 17.0 Å². The maximum atomic E-state index is 13.1. The minimum Gasteiger partial charge on any atom is -0.302 e. The van der Waals surface area contributed by atoms with Crippen LogP contribution in [0.25, 0.3) is 0 Å². The molecule has 1 saturated heterocycles. The lowest BCUT2D eigenvalue weighted by molar-refractivity contribution is -0.143. The van der Waals surface area contributed by atoms with Crippen molar-refractivity contribution in [2.75, 3.05) is 19.6 Å². The highest BCUT2D eigenvalue weighted by Crippen LogP contribution is 2.45. The molecule has 0 spiro atoms. The Hall–Kier alpha value is -1.73. The van der Waals surface area contributed by atoms with Crippen molar-refractivity contribution >= 4 is 11.6 Å². The van der Waals surface area contributed by atoms with Gasteiger partial charge in [0.2, 0.25) is 0 Å². The Morgan fingerprint density at radius 1 is 0.853 bits per heavy atom. The van der Waals surface area contributed by atoms with E-state index in [9.17, 15) is 26.3 Å². The number of piperidine rings is 1. The first-order chi connectivity index (χ1) is 15.9. The summed E-state index contributed by atoms with van der Waals surface area (Å²) in [5, 5.41) is 0.724. The van der Waals surface area contributed by atoms with E-state index in [0.717, 1.165) is 62.5 Å². The molecule has 1 saturated carbocycles. The van der Waals surface area contributed by atoms with Gasteiger partial charge in [-0.25, -0.2) is 0 Å². The van der Waals surface area contributed by atoms with Crippen LogP contribution >= 0.6 is 11.6 Å². The SMILES string of the molecule is FC(F)(F)c1cc(CCC2CCN(CC3(c4ccc(Cl)cc4)CCC3)CC2)cc(C(F)(F)F)c1. The van der Waals surface area contributed by atoms with E-state index in [1.54, 1.807) is 0 Å². The molecule has 1 heterocycles. The lowest BCUT2D eigenvalue weighted by Crippen LogP contribution is -2.48. The quantitative estimate of drug-likeness (QED) is 0.359. The van der Waals surface area contributed by atoms with Crippen molar-refractivity contribution in [2.45, 2.75) is 62.7 Å². The van der Waals surface area contributed by atoms with Crippen molar-refractivity contribution in [3.05, 3.63) is 69.7 Å². The topological polar surface area (TPSA) is 3.24 Å². The smallest absolute Gasteiger partial charge is 0.302 e. The molecule has 2 aromatic carbocycles. The van der Waals surface area contributed by atoms with E-state index in [0.29, 0.717) is 12.3 Å². The highest BCUT2D eigenvalue weighted by molar-refractivity contribution is 6.30. The molecule has 0 bridgehead atoms. The molecule has 0 atom stereocenters. The Bertz CT molecular complexity index is 938. The minimum absolute atomic E-state index is 0.0979. The maximum Gasteiger partial charge on any atom is 0.416 e. The van der Waals surface area contributed by atoms with Crippen molar-refractivity contribution < 1.29 is 26.3 Å². The standard InChI is InChI=1S/C26H28ClF6N/c27-23-6-4-20(5-7-23)24(10-1-11-24)17-34-12-8-18(9-13-34)2-3-19-14-21(25(28,29)30)16-22(15-19)26(31,32)33/h4-7,14-16,18H,1-3,8-13,17H2. The van der Waals surface area contributed by atoms with Gasteiger partial charge in [-0.15, -0.1) is 0 Å². The summed E-state index contributed by atoms with van der Waals surface area (Å²) in [7, 11) is 0. The zero-order valence-corrected chi connectivity index (χ0v) is 19.5. The number of halogens is 7. The van der Waals surface area contributed by atoms with Crippen molar-refractivity contribution in [3.8, 4) is 0 Å². The largest absolute Gasteiger partial charge is 0.416 e. The van der Waals surface area contributed by atoms with E-state index >= 15 is 0 Å². The normalized spacial score (nSPS) is 19.7. The zero-order chi connectivity index (χ0) is 24.6. The number of likely N-dealkylation sites (tertiary alicyclic amines) is 1. The van der Waals surface area contributed by atoms with Crippen LogP contribution in [0.4, 0.5) is 26.3 Å². The molecule has 0 unspecified atom stereocenters. The Morgan fingerprint density at radius 2 is 1.41 bits per heavy atom. The monoisotopic (exact) mass is 503 g/mol. The molecule has 186 valence electrons. The van der Waals surface area contributed by atoms with Gasteiger partial charge in [-0.1, -0.05) is 30.2 Å². The van der Waals surface area contributed by atoms with Crippen molar-refractivity contribution in [1.29, 1.82) is 0 Å². The fraction of sp³-hybridized carbons (Fsp3) is 0.538. The second-order valence-electron chi connectivity index (χ2n) is 9.81. The van der Waals surface area contributed by atoms with E-state index in [-0.39, 0.29) is 23.5 Å². The predicted octanol–water partition coefficient (Wildman–Crippen LogP) is 8.14. The molecular formula is C26H28ClF6N. The summed E-state index contributed by atoms with van der Waals surface area (Å²) in [6.45, 7) is 2.77. The summed E-state index contributed by atoms with van der Waals surface area (Å²) in [6.07, 6.45) is -3.50. The molecule has 8 heteroatoms. The molecule has 1 aliphatic carbocycles. The van der Waals surface area contributed by atoms with Gasteiger partial charge in [-0.05, 0) is 99.0 Å². The minimum atomic E-state index is -4.80. The van der Waals surface area contributed by atoms with Crippen LogP contribution in [-0.4, -0.2) is 24.5 Å². The summed E-state index contributed by atoms with van der Waals surface area (Å²) >= 11 is 6.04. The number of benzene rings is 2. The van der Waals surface area contributed by atoms with Gasteiger partial charge in [0.15, 0.2) is 0 Å². The maximum absolute atomic E-state index is 13.1. The lowest BCUT2D eigenvalue weighted by atomic mass is 9.64. The molecule has 1 nitrogen and oxygen atoms in total. The molecule has 1 aliphatic heterocycles. The number of aryl methyl sites for hydroxylation is 1. The summed E-state index contributed by atoms with van der Waals surface area (Å²) in [6, 6.07) is 9.99. The van der Waals surface area contributed by atoms with Crippen LogP contribution in [0.2, 0.25) is 5.02 Å². The van der Waals surface area contributed by atoms with Gasteiger partial charge in [0.05, 0.1) is 11.1 Å². The molecule has 0 N–H and O–H groups in total. The Morgan fingerprint density at radius 3 is 1.88 bits per heavy atom. The first kappa shape index (κ1) is 25.4. The van der Waals surface area contributed by atoms with Crippen LogP contribution in [0.5, 0.6) is 0 Å². The summed E-state index contributed by atoms with van der Waals surface area (Å²) in [4.78, 5) is 2.45. The van der Waals surface area contributed by atoms with E-state index < -0.39 is 23.5 Å². The molecule has 0 radical (unpaired) electrons. The van der Waals surface area contributed by atoms with Gasteiger partial charge in [0.25, 0.3) is 0 Å². The fourth-order valence-corrected chi connectivity index (χ4v) is 5.47. The molecule has 2 aliphatic rings. The van der Waals surface area contributed by atoms with Crippen LogP contribution in [-0.2, 0) is 24.2 Å². The first-order valence-corrected chi connectivity index (χ1v) is 12.1. The van der Waals surface area contributed by atoms with Gasteiger partial charge >= 0.3 is 12.4 Å². The Labute approximate surface area is 201 Å². The second kappa shape index (κ2) is 9.73. The number of hydrogen-bond donors (Lipinski definition) is 0. The van der Waals surface area contributed by atoms with Crippen LogP contribution in [0, 0.1) is 5.92 Å². The van der Waals surface area contributed by atoms with Crippen LogP contribution in [0.3, 0.4) is 0 Å². The highest BCUT2D eigenvalue weighted by Gasteiger charge is 2.41. The third kappa shape index (κ3) is 5.91. The average molecular weight is 504 g/mol. The van der Waals surface area contributed by atoms with E-state index in [1.165, 1.54) is 12.0 Å². The van der Waals surface area contributed by atoms with Gasteiger partial charge in [0.1, 0.15) is 0 Å². The van der Waals surface area contributed by atoms with Gasteiger partial charge in [0, 0.05) is 17.0 Å². The number of alkyl halides is 6. The van der Waals surface area contributed by atoms with Crippen molar-refractivity contribution in [1.82, 2.24) is 4.90 Å². The number of nitrogens with zero attached hydrogens (tertiary/aromatic N) is 1. The molecule has 0 aromatic heterocycles. The molecule has 4 rings (SSSR count). The average Bonchev–Trinajstić information content (AvgIpc) is 2.75.